The predicted octanol–water partition coefficient (Wildman–Crippen LogP) is 8.70. The highest BCUT2D eigenvalue weighted by Gasteiger charge is 2.26. The van der Waals surface area contributed by atoms with Crippen LogP contribution in [0, 0.1) is 0 Å². The van der Waals surface area contributed by atoms with Crippen molar-refractivity contribution in [1.82, 2.24) is 0 Å². The lowest BCUT2D eigenvalue weighted by molar-refractivity contribution is -0.870. The quantitative estimate of drug-likeness (QED) is 0.0279. The second-order valence-electron chi connectivity index (χ2n) is 12.2. The summed E-state index contributed by atoms with van der Waals surface area (Å²) in [6, 6.07) is 0. The predicted molar refractivity (Wildman–Crippen MR) is 178 cm³/mol. The Bertz CT molecular complexity index is 792. The largest absolute Gasteiger partial charge is 0.472 e. The molecule has 43 heavy (non-hydrogen) atoms. The molecule has 0 spiro atoms. The molecule has 8 nitrogen and oxygen atoms in total. The van der Waals surface area contributed by atoms with Gasteiger partial charge in [-0.3, -0.25) is 13.8 Å². The molecule has 2 unspecified atom stereocenters. The van der Waals surface area contributed by atoms with Gasteiger partial charge >= 0.3 is 13.8 Å². The number of rotatable bonds is 30. The van der Waals surface area contributed by atoms with Crippen molar-refractivity contribution >= 4 is 13.8 Å². The number of likely N-dealkylation sites (N-methyl/N-ethyl adjacent to an activating group) is 1. The molecule has 0 aliphatic carbocycles. The van der Waals surface area contributed by atoms with Crippen LogP contribution in [0.1, 0.15) is 117 Å². The number of unbranched alkanes of at least 4 members (excludes halogenated alkanes) is 10. The first-order valence-corrected chi connectivity index (χ1v) is 18.2. The first-order valence-electron chi connectivity index (χ1n) is 16.7. The van der Waals surface area contributed by atoms with Gasteiger partial charge in [0.25, 0.3) is 0 Å². The van der Waals surface area contributed by atoms with Crippen molar-refractivity contribution in [3.05, 3.63) is 36.5 Å². The van der Waals surface area contributed by atoms with Crippen LogP contribution in [0.2, 0.25) is 0 Å². The average molecular weight is 631 g/mol. The Hall–Kier alpha value is -1.28. The van der Waals surface area contributed by atoms with Crippen molar-refractivity contribution in [3.63, 3.8) is 0 Å². The first kappa shape index (κ1) is 41.7. The molecule has 0 aliphatic rings. The maximum absolute atomic E-state index is 12.4. The van der Waals surface area contributed by atoms with Gasteiger partial charge in [-0.05, 0) is 44.9 Å². The van der Waals surface area contributed by atoms with Gasteiger partial charge in [0.2, 0.25) is 0 Å². The number of allylic oxidation sites excluding steroid dienone is 6. The molecule has 0 saturated carbocycles. The van der Waals surface area contributed by atoms with Crippen molar-refractivity contribution in [2.24, 2.45) is 0 Å². The third-order valence-electron chi connectivity index (χ3n) is 6.72. The zero-order valence-corrected chi connectivity index (χ0v) is 29.1. The Morgan fingerprint density at radius 2 is 1.35 bits per heavy atom. The van der Waals surface area contributed by atoms with Crippen LogP contribution in [0.5, 0.6) is 0 Å². The minimum absolute atomic E-state index is 0.0850. The van der Waals surface area contributed by atoms with Crippen LogP contribution < -0.4 is 0 Å². The zero-order valence-electron chi connectivity index (χ0n) is 28.2. The van der Waals surface area contributed by atoms with E-state index >= 15 is 0 Å². The summed E-state index contributed by atoms with van der Waals surface area (Å²) in [4.78, 5) is 22.4. The van der Waals surface area contributed by atoms with Gasteiger partial charge in [-0.1, -0.05) is 102 Å². The van der Waals surface area contributed by atoms with Gasteiger partial charge in [0, 0.05) is 13.0 Å². The van der Waals surface area contributed by atoms with E-state index in [0.717, 1.165) is 70.6 Å². The summed E-state index contributed by atoms with van der Waals surface area (Å²) in [6.45, 7) is 5.36. The van der Waals surface area contributed by atoms with Crippen LogP contribution in [0.15, 0.2) is 36.5 Å². The minimum atomic E-state index is -4.25. The van der Waals surface area contributed by atoms with Crippen molar-refractivity contribution in [1.29, 1.82) is 0 Å². The molecule has 1 N–H and O–H groups in total. The van der Waals surface area contributed by atoms with E-state index in [1.165, 1.54) is 25.7 Å². The third-order valence-corrected chi connectivity index (χ3v) is 7.70. The van der Waals surface area contributed by atoms with Crippen molar-refractivity contribution in [2.75, 3.05) is 54.1 Å². The fourth-order valence-corrected chi connectivity index (χ4v) is 4.83. The number of nitrogens with zero attached hydrogens (tertiary/aromatic N) is 1. The average Bonchev–Trinajstić information content (AvgIpc) is 2.94. The van der Waals surface area contributed by atoms with E-state index in [4.69, 9.17) is 18.5 Å². The fourth-order valence-electron chi connectivity index (χ4n) is 4.09. The molecule has 0 fully saturated rings. The van der Waals surface area contributed by atoms with Crippen LogP contribution in [0.4, 0.5) is 0 Å². The molecule has 0 aromatic rings. The van der Waals surface area contributed by atoms with Gasteiger partial charge in [0.1, 0.15) is 19.3 Å². The summed E-state index contributed by atoms with van der Waals surface area (Å²) in [6.07, 6.45) is 29.2. The van der Waals surface area contributed by atoms with Crippen molar-refractivity contribution < 1.29 is 37.3 Å². The van der Waals surface area contributed by atoms with E-state index < -0.39 is 13.9 Å². The Morgan fingerprint density at radius 1 is 0.744 bits per heavy atom. The van der Waals surface area contributed by atoms with Crippen LogP contribution in [-0.2, 0) is 27.9 Å². The van der Waals surface area contributed by atoms with Crippen LogP contribution in [-0.4, -0.2) is 75.6 Å². The molecular weight excluding hydrogens is 565 g/mol. The van der Waals surface area contributed by atoms with E-state index in [1.807, 2.05) is 21.1 Å². The molecule has 252 valence electrons. The third kappa shape index (κ3) is 31.9. The fraction of sp³-hybridized carbons (Fsp3) is 0.794. The number of phosphoric acid groups is 1. The standard InChI is InChI=1S/C34H64NO7P/c1-6-8-10-12-13-14-15-16-17-18-19-20-21-22-24-26-29-39-31-33(42-34(36)27-25-23-11-9-7-2)32-41-43(37,38)40-30-28-35(3,4)5/h8,10,13-14,16-17,33H,6-7,9,11-12,15,18-32H2,1-5H3/p+1/b10-8-,14-13-,17-16-. The SMILES string of the molecule is CC/C=C\C/C=C\C/C=C\CCCCCCCCOCC(COP(=O)(O)OCC[N+](C)(C)C)OC(=O)CCCCCCC. The summed E-state index contributed by atoms with van der Waals surface area (Å²) >= 11 is 0. The highest BCUT2D eigenvalue weighted by molar-refractivity contribution is 7.47. The van der Waals surface area contributed by atoms with Crippen LogP contribution in [0.25, 0.3) is 0 Å². The molecular formula is C34H65NO7P+. The monoisotopic (exact) mass is 630 g/mol. The van der Waals surface area contributed by atoms with Gasteiger partial charge in [0.15, 0.2) is 0 Å². The normalized spacial score (nSPS) is 14.7. The van der Waals surface area contributed by atoms with Gasteiger partial charge in [0.05, 0.1) is 34.4 Å². The summed E-state index contributed by atoms with van der Waals surface area (Å²) in [5, 5.41) is 0. The Balaban J connectivity index is 4.22. The summed E-state index contributed by atoms with van der Waals surface area (Å²) in [5.41, 5.74) is 0. The van der Waals surface area contributed by atoms with E-state index in [0.29, 0.717) is 24.1 Å². The zero-order chi connectivity index (χ0) is 32.1. The molecule has 0 aromatic heterocycles. The van der Waals surface area contributed by atoms with Crippen molar-refractivity contribution in [3.8, 4) is 0 Å². The minimum Gasteiger partial charge on any atom is -0.457 e. The number of quaternary nitrogens is 1. The van der Waals surface area contributed by atoms with Gasteiger partial charge in [-0.15, -0.1) is 0 Å². The maximum atomic E-state index is 12.4. The lowest BCUT2D eigenvalue weighted by atomic mass is 10.1. The summed E-state index contributed by atoms with van der Waals surface area (Å²) in [5.74, 6) is -0.335. The number of hydrogen-bond donors (Lipinski definition) is 1. The second-order valence-corrected chi connectivity index (χ2v) is 13.6. The maximum Gasteiger partial charge on any atom is 0.472 e. The molecule has 0 amide bonds. The smallest absolute Gasteiger partial charge is 0.457 e. The number of esters is 1. The van der Waals surface area contributed by atoms with E-state index in [1.54, 1.807) is 0 Å². The first-order chi connectivity index (χ1) is 20.6. The number of carbonyl (C=O) groups is 1. The molecule has 0 rings (SSSR count). The van der Waals surface area contributed by atoms with E-state index in [-0.39, 0.29) is 25.8 Å². The highest BCUT2D eigenvalue weighted by Crippen LogP contribution is 2.43. The van der Waals surface area contributed by atoms with Crippen molar-refractivity contribution in [2.45, 2.75) is 123 Å². The molecule has 0 bridgehead atoms. The molecule has 0 aromatic carbocycles. The number of phosphoric ester groups is 1. The summed E-state index contributed by atoms with van der Waals surface area (Å²) in [7, 11) is 1.65. The molecule has 0 heterocycles. The van der Waals surface area contributed by atoms with Gasteiger partial charge < -0.3 is 18.9 Å². The van der Waals surface area contributed by atoms with Gasteiger partial charge in [-0.2, -0.15) is 0 Å². The molecule has 9 heteroatoms. The van der Waals surface area contributed by atoms with Crippen LogP contribution in [0.3, 0.4) is 0 Å². The van der Waals surface area contributed by atoms with Crippen LogP contribution >= 0.6 is 7.82 Å². The molecule has 2 atom stereocenters. The Kier molecular flexibility index (Phi) is 27.4. The highest BCUT2D eigenvalue weighted by atomic mass is 31.2. The Morgan fingerprint density at radius 3 is 2.02 bits per heavy atom. The molecule has 0 saturated heterocycles. The van der Waals surface area contributed by atoms with E-state index in [2.05, 4.69) is 50.3 Å². The number of ether oxygens (including phenoxy) is 2. The molecule has 0 aliphatic heterocycles. The van der Waals surface area contributed by atoms with E-state index in [9.17, 15) is 14.3 Å². The summed E-state index contributed by atoms with van der Waals surface area (Å²) < 4.78 is 34.5. The number of carbonyl (C=O) groups excluding carboxylic acids is 1. The second kappa shape index (κ2) is 28.2. The lowest BCUT2D eigenvalue weighted by Crippen LogP contribution is -2.37. The molecule has 0 radical (unpaired) electrons. The Labute approximate surface area is 264 Å². The lowest BCUT2D eigenvalue weighted by Gasteiger charge is -2.24. The topological polar surface area (TPSA) is 91.3 Å². The number of hydrogen-bond acceptors (Lipinski definition) is 6. The van der Waals surface area contributed by atoms with Gasteiger partial charge in [-0.25, -0.2) is 4.57 Å².